The highest BCUT2D eigenvalue weighted by Crippen LogP contribution is 2.16. The van der Waals surface area contributed by atoms with Gasteiger partial charge in [0, 0.05) is 23.3 Å². The van der Waals surface area contributed by atoms with Crippen LogP contribution in [-0.2, 0) is 0 Å². The second-order valence-corrected chi connectivity index (χ2v) is 2.89. The summed E-state index contributed by atoms with van der Waals surface area (Å²) in [7, 11) is 0. The molecule has 70 valence electrons. The first-order chi connectivity index (χ1) is 6.83. The average molecular weight is 187 g/mol. The fraction of sp³-hybridized carbons (Fsp3) is 0. The molecule has 2 aromatic rings. The fourth-order valence-corrected chi connectivity index (χ4v) is 1.37. The van der Waals surface area contributed by atoms with Crippen LogP contribution in [-0.4, -0.2) is 16.0 Å². The van der Waals surface area contributed by atoms with Gasteiger partial charge in [0.1, 0.15) is 0 Å². The highest BCUT2D eigenvalue weighted by molar-refractivity contribution is 6.08. The fourth-order valence-electron chi connectivity index (χ4n) is 1.37. The number of benzene rings is 1. The zero-order chi connectivity index (χ0) is 9.97. The molecule has 0 aliphatic heterocycles. The third-order valence-corrected chi connectivity index (χ3v) is 2.05. The monoisotopic (exact) mass is 187 g/mol. The number of nitrogens with zero attached hydrogens (tertiary/aromatic N) is 2. The van der Waals surface area contributed by atoms with Crippen LogP contribution in [0.5, 0.6) is 0 Å². The molecule has 1 heterocycles. The van der Waals surface area contributed by atoms with E-state index in [-0.39, 0.29) is 5.84 Å². The second kappa shape index (κ2) is 3.33. The normalized spacial score (nSPS) is 11.9. The van der Waals surface area contributed by atoms with E-state index in [1.165, 1.54) is 0 Å². The quantitative estimate of drug-likeness (QED) is 0.306. The van der Waals surface area contributed by atoms with Crippen LogP contribution in [0.3, 0.4) is 0 Å². The van der Waals surface area contributed by atoms with Crippen molar-refractivity contribution in [2.24, 2.45) is 10.9 Å². The first-order valence-corrected chi connectivity index (χ1v) is 4.13. The van der Waals surface area contributed by atoms with Crippen molar-refractivity contribution < 1.29 is 5.21 Å². The van der Waals surface area contributed by atoms with Crippen LogP contribution in [0.15, 0.2) is 41.8 Å². The van der Waals surface area contributed by atoms with E-state index < -0.39 is 0 Å². The molecule has 0 saturated carbocycles. The van der Waals surface area contributed by atoms with Gasteiger partial charge in [-0.2, -0.15) is 0 Å². The summed E-state index contributed by atoms with van der Waals surface area (Å²) >= 11 is 0. The van der Waals surface area contributed by atoms with Crippen molar-refractivity contribution in [1.29, 1.82) is 0 Å². The summed E-state index contributed by atoms with van der Waals surface area (Å²) in [4.78, 5) is 4.01. The number of rotatable bonds is 1. The lowest BCUT2D eigenvalue weighted by Crippen LogP contribution is -2.13. The molecule has 0 radical (unpaired) electrons. The average Bonchev–Trinajstić information content (AvgIpc) is 2.27. The Morgan fingerprint density at radius 3 is 2.86 bits per heavy atom. The lowest BCUT2D eigenvalue weighted by molar-refractivity contribution is 0.318. The summed E-state index contributed by atoms with van der Waals surface area (Å²) in [6, 6.07) is 7.65. The maximum atomic E-state index is 8.58. The van der Waals surface area contributed by atoms with Gasteiger partial charge >= 0.3 is 0 Å². The Morgan fingerprint density at radius 2 is 2.07 bits per heavy atom. The molecule has 1 aromatic carbocycles. The van der Waals surface area contributed by atoms with E-state index in [1.807, 2.05) is 24.3 Å². The van der Waals surface area contributed by atoms with Gasteiger partial charge in [0.25, 0.3) is 0 Å². The van der Waals surface area contributed by atoms with Gasteiger partial charge in [0.15, 0.2) is 5.84 Å². The summed E-state index contributed by atoms with van der Waals surface area (Å²) < 4.78 is 0. The van der Waals surface area contributed by atoms with Crippen molar-refractivity contribution in [2.45, 2.75) is 0 Å². The molecule has 0 unspecified atom stereocenters. The Balaban J connectivity index is 2.77. The van der Waals surface area contributed by atoms with Gasteiger partial charge in [-0.15, -0.1) is 0 Å². The highest BCUT2D eigenvalue weighted by atomic mass is 16.4. The van der Waals surface area contributed by atoms with Crippen LogP contribution in [0, 0.1) is 0 Å². The first-order valence-electron chi connectivity index (χ1n) is 4.13. The Hall–Kier alpha value is -2.10. The molecule has 0 spiro atoms. The number of amidine groups is 1. The van der Waals surface area contributed by atoms with Gasteiger partial charge < -0.3 is 10.9 Å². The molecule has 4 nitrogen and oxygen atoms in total. The molecule has 0 fully saturated rings. The van der Waals surface area contributed by atoms with Crippen molar-refractivity contribution in [3.05, 3.63) is 42.2 Å². The minimum absolute atomic E-state index is 0.0781. The molecule has 2 rings (SSSR count). The second-order valence-electron chi connectivity index (χ2n) is 2.89. The summed E-state index contributed by atoms with van der Waals surface area (Å²) in [5.74, 6) is 0.0781. The predicted octanol–water partition coefficient (Wildman–Crippen LogP) is 1.33. The Bertz CT molecular complexity index is 488. The molecule has 14 heavy (non-hydrogen) atoms. The first kappa shape index (κ1) is 8.50. The Kier molecular flexibility index (Phi) is 2.02. The third-order valence-electron chi connectivity index (χ3n) is 2.05. The largest absolute Gasteiger partial charge is 0.409 e. The standard InChI is InChI=1S/C10H9N3O/c11-10(13-14)9-6-12-5-7-3-1-2-4-8(7)9/h1-6,14H,(H2,11,13). The van der Waals surface area contributed by atoms with E-state index in [4.69, 9.17) is 10.9 Å². The van der Waals surface area contributed by atoms with Crippen molar-refractivity contribution in [2.75, 3.05) is 0 Å². The molecule has 0 atom stereocenters. The van der Waals surface area contributed by atoms with Gasteiger partial charge in [-0.3, -0.25) is 4.98 Å². The van der Waals surface area contributed by atoms with Crippen molar-refractivity contribution in [3.8, 4) is 0 Å². The predicted molar refractivity (Wildman–Crippen MR) is 54.3 cm³/mol. The van der Waals surface area contributed by atoms with Crippen molar-refractivity contribution >= 4 is 16.6 Å². The maximum absolute atomic E-state index is 8.58. The van der Waals surface area contributed by atoms with Gasteiger partial charge in [0.2, 0.25) is 0 Å². The van der Waals surface area contributed by atoms with E-state index in [2.05, 4.69) is 10.1 Å². The number of pyridine rings is 1. The molecule has 1 aromatic heterocycles. The number of hydrogen-bond acceptors (Lipinski definition) is 3. The minimum Gasteiger partial charge on any atom is -0.409 e. The van der Waals surface area contributed by atoms with E-state index >= 15 is 0 Å². The van der Waals surface area contributed by atoms with Gasteiger partial charge in [-0.25, -0.2) is 0 Å². The smallest absolute Gasteiger partial charge is 0.172 e. The molecule has 0 amide bonds. The number of nitrogens with two attached hydrogens (primary N) is 1. The van der Waals surface area contributed by atoms with E-state index in [0.717, 1.165) is 10.8 Å². The van der Waals surface area contributed by atoms with E-state index in [0.29, 0.717) is 5.56 Å². The number of hydrogen-bond donors (Lipinski definition) is 2. The number of oxime groups is 1. The van der Waals surface area contributed by atoms with Crippen LogP contribution in [0.2, 0.25) is 0 Å². The minimum atomic E-state index is 0.0781. The summed E-state index contributed by atoms with van der Waals surface area (Å²) in [6.07, 6.45) is 3.32. The summed E-state index contributed by atoms with van der Waals surface area (Å²) in [5, 5.41) is 13.4. The zero-order valence-electron chi connectivity index (χ0n) is 7.38. The van der Waals surface area contributed by atoms with Crippen LogP contribution >= 0.6 is 0 Å². The summed E-state index contributed by atoms with van der Waals surface area (Å²) in [6.45, 7) is 0. The van der Waals surface area contributed by atoms with Crippen LogP contribution in [0.4, 0.5) is 0 Å². The molecule has 0 saturated heterocycles. The number of aromatic nitrogens is 1. The molecular formula is C10H9N3O. The molecule has 0 aliphatic rings. The van der Waals surface area contributed by atoms with Gasteiger partial charge in [0.05, 0.1) is 0 Å². The lowest BCUT2D eigenvalue weighted by Gasteiger charge is -2.02. The van der Waals surface area contributed by atoms with Gasteiger partial charge in [-0.1, -0.05) is 29.4 Å². The van der Waals surface area contributed by atoms with Gasteiger partial charge in [-0.05, 0) is 5.39 Å². The topological polar surface area (TPSA) is 71.5 Å². The van der Waals surface area contributed by atoms with Crippen molar-refractivity contribution in [1.82, 2.24) is 4.98 Å². The Morgan fingerprint density at radius 1 is 1.29 bits per heavy atom. The van der Waals surface area contributed by atoms with Crippen LogP contribution in [0.1, 0.15) is 5.56 Å². The molecule has 0 bridgehead atoms. The molecule has 4 heteroatoms. The van der Waals surface area contributed by atoms with E-state index in [1.54, 1.807) is 12.4 Å². The lowest BCUT2D eigenvalue weighted by atomic mass is 10.1. The van der Waals surface area contributed by atoms with Crippen LogP contribution in [0.25, 0.3) is 10.8 Å². The molecular weight excluding hydrogens is 178 g/mol. The maximum Gasteiger partial charge on any atom is 0.172 e. The highest BCUT2D eigenvalue weighted by Gasteiger charge is 2.04. The van der Waals surface area contributed by atoms with Crippen LogP contribution < -0.4 is 5.73 Å². The number of fused-ring (bicyclic) bond motifs is 1. The zero-order valence-corrected chi connectivity index (χ0v) is 7.38. The van der Waals surface area contributed by atoms with E-state index in [9.17, 15) is 0 Å². The Labute approximate surface area is 80.7 Å². The SMILES string of the molecule is N/C(=N/O)c1cncc2ccccc12. The summed E-state index contributed by atoms with van der Waals surface area (Å²) in [5.41, 5.74) is 6.16. The molecule has 0 aliphatic carbocycles. The third kappa shape index (κ3) is 1.26. The molecule has 3 N–H and O–H groups in total. The van der Waals surface area contributed by atoms with Crippen molar-refractivity contribution in [3.63, 3.8) is 0 Å².